The zero-order valence-corrected chi connectivity index (χ0v) is 16.0. The number of ketones is 1. The maximum absolute atomic E-state index is 13.9. The Bertz CT molecular complexity index is 939. The minimum atomic E-state index is -0.868. The summed E-state index contributed by atoms with van der Waals surface area (Å²) in [5, 5.41) is 8.30. The van der Waals surface area contributed by atoms with Crippen molar-refractivity contribution in [3.8, 4) is 11.6 Å². The fourth-order valence-corrected chi connectivity index (χ4v) is 3.54. The number of benzene rings is 1. The van der Waals surface area contributed by atoms with Crippen molar-refractivity contribution in [1.82, 2.24) is 14.8 Å². The maximum Gasteiger partial charge on any atom is 0.200 e. The molecule has 27 heavy (non-hydrogen) atoms. The highest BCUT2D eigenvalue weighted by atomic mass is 32.2. The van der Waals surface area contributed by atoms with E-state index >= 15 is 0 Å². The predicted octanol–water partition coefficient (Wildman–Crippen LogP) is 4.84. The number of carbonyl (C=O) groups excluding carboxylic acids is 1. The molecule has 1 unspecified atom stereocenters. The summed E-state index contributed by atoms with van der Waals surface area (Å²) < 4.78 is 34.3. The van der Waals surface area contributed by atoms with Crippen LogP contribution >= 0.6 is 11.8 Å². The first-order valence-corrected chi connectivity index (χ1v) is 9.37. The molecule has 2 heterocycles. The minimum absolute atomic E-state index is 0.141. The van der Waals surface area contributed by atoms with Gasteiger partial charge in [0.25, 0.3) is 0 Å². The fraction of sp³-hybridized carbons (Fsp3) is 0.316. The van der Waals surface area contributed by atoms with Gasteiger partial charge in [-0.2, -0.15) is 0 Å². The lowest BCUT2D eigenvalue weighted by Gasteiger charge is -2.14. The molecule has 0 N–H and O–H groups in total. The predicted molar refractivity (Wildman–Crippen MR) is 98.6 cm³/mol. The molecule has 1 aromatic carbocycles. The first kappa shape index (κ1) is 19.3. The molecule has 5 nitrogen and oxygen atoms in total. The molecule has 0 bridgehead atoms. The number of furan rings is 1. The number of halogens is 2. The first-order valence-electron chi connectivity index (χ1n) is 8.49. The van der Waals surface area contributed by atoms with E-state index in [1.165, 1.54) is 11.8 Å². The average Bonchev–Trinajstić information content (AvgIpc) is 3.24. The topological polar surface area (TPSA) is 60.9 Å². The van der Waals surface area contributed by atoms with Crippen molar-refractivity contribution in [1.29, 1.82) is 0 Å². The molecule has 0 aliphatic rings. The maximum atomic E-state index is 13.9. The van der Waals surface area contributed by atoms with Crippen LogP contribution in [0.2, 0.25) is 0 Å². The van der Waals surface area contributed by atoms with Crippen LogP contribution in [0, 0.1) is 17.6 Å². The Balaban J connectivity index is 1.87. The Morgan fingerprint density at radius 1 is 1.22 bits per heavy atom. The van der Waals surface area contributed by atoms with E-state index < -0.39 is 22.7 Å². The number of carbonyl (C=O) groups is 1. The third-order valence-electron chi connectivity index (χ3n) is 3.85. The Labute approximate surface area is 159 Å². The van der Waals surface area contributed by atoms with Gasteiger partial charge in [0.2, 0.25) is 0 Å². The molecule has 0 aliphatic carbocycles. The van der Waals surface area contributed by atoms with Crippen LogP contribution in [0.15, 0.2) is 46.2 Å². The third-order valence-corrected chi connectivity index (χ3v) is 4.93. The van der Waals surface area contributed by atoms with Crippen LogP contribution in [0.1, 0.15) is 31.1 Å². The molecule has 0 saturated carbocycles. The number of Topliss-reactive ketones (excluding diaryl/α,β-unsaturated/α-hetero) is 1. The van der Waals surface area contributed by atoms with E-state index in [0.29, 0.717) is 35.3 Å². The molecule has 0 spiro atoms. The van der Waals surface area contributed by atoms with Gasteiger partial charge >= 0.3 is 0 Å². The lowest BCUT2D eigenvalue weighted by molar-refractivity contribution is 0.0990. The summed E-state index contributed by atoms with van der Waals surface area (Å²) in [4.78, 5) is 12.6. The van der Waals surface area contributed by atoms with Gasteiger partial charge in [-0.3, -0.25) is 9.36 Å². The molecule has 0 saturated heterocycles. The zero-order chi connectivity index (χ0) is 19.6. The molecule has 3 aromatic rings. The van der Waals surface area contributed by atoms with Crippen molar-refractivity contribution >= 4 is 17.5 Å². The number of rotatable bonds is 7. The van der Waals surface area contributed by atoms with Crippen LogP contribution in [-0.2, 0) is 6.54 Å². The highest BCUT2D eigenvalue weighted by molar-refractivity contribution is 8.00. The highest BCUT2D eigenvalue weighted by Crippen LogP contribution is 2.29. The van der Waals surface area contributed by atoms with Gasteiger partial charge in [0.15, 0.2) is 22.5 Å². The quantitative estimate of drug-likeness (QED) is 0.426. The van der Waals surface area contributed by atoms with E-state index in [1.807, 2.05) is 4.57 Å². The number of hydrogen-bond donors (Lipinski definition) is 0. The van der Waals surface area contributed by atoms with E-state index in [2.05, 4.69) is 24.0 Å². The smallest absolute Gasteiger partial charge is 0.200 e. The van der Waals surface area contributed by atoms with Crippen LogP contribution in [0.3, 0.4) is 0 Å². The highest BCUT2D eigenvalue weighted by Gasteiger charge is 2.24. The Morgan fingerprint density at radius 3 is 2.63 bits per heavy atom. The summed E-state index contributed by atoms with van der Waals surface area (Å²) >= 11 is 1.18. The summed E-state index contributed by atoms with van der Waals surface area (Å²) in [6.45, 7) is 6.42. The third kappa shape index (κ3) is 4.27. The summed E-state index contributed by atoms with van der Waals surface area (Å²) in [5.41, 5.74) is -0.141. The molecular formula is C19H19F2N3O2S. The average molecular weight is 391 g/mol. The van der Waals surface area contributed by atoms with Crippen LogP contribution in [0.4, 0.5) is 8.78 Å². The molecule has 0 fully saturated rings. The van der Waals surface area contributed by atoms with Crippen molar-refractivity contribution in [2.75, 3.05) is 0 Å². The SMILES string of the molecule is CC(C)Cn1c(SC(C)C(=O)c2ccc(F)cc2F)nnc1-c1ccco1. The van der Waals surface area contributed by atoms with Gasteiger partial charge < -0.3 is 4.42 Å². The fourth-order valence-electron chi connectivity index (χ4n) is 2.61. The number of hydrogen-bond acceptors (Lipinski definition) is 5. The molecule has 8 heteroatoms. The Hall–Kier alpha value is -2.48. The van der Waals surface area contributed by atoms with E-state index in [-0.39, 0.29) is 5.56 Å². The molecule has 3 rings (SSSR count). The number of nitrogens with zero attached hydrogens (tertiary/aromatic N) is 3. The molecular weight excluding hydrogens is 372 g/mol. The van der Waals surface area contributed by atoms with Gasteiger partial charge in [0, 0.05) is 12.6 Å². The van der Waals surface area contributed by atoms with Gasteiger partial charge in [-0.25, -0.2) is 8.78 Å². The standard InChI is InChI=1S/C19H19F2N3O2S/c1-11(2)10-24-18(16-5-4-8-26-16)22-23-19(24)27-12(3)17(25)14-7-6-13(20)9-15(14)21/h4-9,11-12H,10H2,1-3H3. The van der Waals surface area contributed by atoms with E-state index in [9.17, 15) is 13.6 Å². The van der Waals surface area contributed by atoms with Crippen molar-refractivity contribution in [3.63, 3.8) is 0 Å². The van der Waals surface area contributed by atoms with Gasteiger partial charge in [-0.1, -0.05) is 25.6 Å². The summed E-state index contributed by atoms with van der Waals surface area (Å²) in [5.74, 6) is -0.551. The second kappa shape index (κ2) is 8.04. The largest absolute Gasteiger partial charge is 0.461 e. The van der Waals surface area contributed by atoms with Crippen LogP contribution in [0.25, 0.3) is 11.6 Å². The lowest BCUT2D eigenvalue weighted by atomic mass is 10.1. The second-order valence-corrected chi connectivity index (χ2v) is 7.84. The molecule has 1 atom stereocenters. The van der Waals surface area contributed by atoms with Gasteiger partial charge in [-0.15, -0.1) is 10.2 Å². The van der Waals surface area contributed by atoms with Crippen LogP contribution in [0.5, 0.6) is 0 Å². The van der Waals surface area contributed by atoms with Crippen molar-refractivity contribution in [2.24, 2.45) is 5.92 Å². The molecule has 0 aliphatic heterocycles. The van der Waals surface area contributed by atoms with Crippen molar-refractivity contribution in [2.45, 2.75) is 37.7 Å². The van der Waals surface area contributed by atoms with E-state index in [1.54, 1.807) is 25.3 Å². The van der Waals surface area contributed by atoms with E-state index in [0.717, 1.165) is 12.1 Å². The molecule has 0 amide bonds. The second-order valence-electron chi connectivity index (χ2n) is 6.54. The zero-order valence-electron chi connectivity index (χ0n) is 15.1. The monoisotopic (exact) mass is 391 g/mol. The summed E-state index contributed by atoms with van der Waals surface area (Å²) in [6, 6.07) is 6.50. The van der Waals surface area contributed by atoms with Gasteiger partial charge in [0.05, 0.1) is 17.1 Å². The molecule has 2 aromatic heterocycles. The Morgan fingerprint density at radius 2 is 2.00 bits per heavy atom. The Kier molecular flexibility index (Phi) is 5.74. The van der Waals surface area contributed by atoms with Crippen molar-refractivity contribution in [3.05, 3.63) is 53.8 Å². The first-order chi connectivity index (χ1) is 12.9. The van der Waals surface area contributed by atoms with Crippen LogP contribution in [-0.4, -0.2) is 25.8 Å². The van der Waals surface area contributed by atoms with Gasteiger partial charge in [0.1, 0.15) is 11.6 Å². The summed E-state index contributed by atoms with van der Waals surface area (Å²) in [6.07, 6.45) is 1.56. The van der Waals surface area contributed by atoms with E-state index in [4.69, 9.17) is 4.42 Å². The van der Waals surface area contributed by atoms with Gasteiger partial charge in [-0.05, 0) is 37.1 Å². The van der Waals surface area contributed by atoms with Crippen molar-refractivity contribution < 1.29 is 18.0 Å². The summed E-state index contributed by atoms with van der Waals surface area (Å²) in [7, 11) is 0. The molecule has 0 radical (unpaired) electrons. The molecule has 142 valence electrons. The van der Waals surface area contributed by atoms with Crippen LogP contribution < -0.4 is 0 Å². The number of thioether (sulfide) groups is 1. The minimum Gasteiger partial charge on any atom is -0.461 e. The number of aromatic nitrogens is 3. The lowest BCUT2D eigenvalue weighted by Crippen LogP contribution is -2.17. The normalized spacial score (nSPS) is 12.5.